The molecule has 1 amide bonds. The van der Waals surface area contributed by atoms with E-state index in [1.165, 1.54) is 18.4 Å². The number of nitrogens with one attached hydrogen (secondary N) is 1. The molecule has 2 heterocycles. The van der Waals surface area contributed by atoms with Crippen LogP contribution in [-0.2, 0) is 4.79 Å². The first kappa shape index (κ1) is 12.7. The van der Waals surface area contributed by atoms with Crippen LogP contribution in [0.3, 0.4) is 0 Å². The molecular weight excluding hydrogens is 282 g/mol. The van der Waals surface area contributed by atoms with E-state index in [0.29, 0.717) is 11.4 Å². The lowest BCUT2D eigenvalue weighted by molar-refractivity contribution is -0.118. The SMILES string of the molecule is Cc1ccoc1C(=O)c1cc2c(cc1Cl)NC(=O)CO2. The molecule has 20 heavy (non-hydrogen) atoms. The van der Waals surface area contributed by atoms with Crippen molar-refractivity contribution in [1.29, 1.82) is 0 Å². The number of fused-ring (bicyclic) bond motifs is 1. The summed E-state index contributed by atoms with van der Waals surface area (Å²) >= 11 is 6.10. The molecule has 0 spiro atoms. The smallest absolute Gasteiger partial charge is 0.262 e. The Kier molecular flexibility index (Phi) is 2.99. The summed E-state index contributed by atoms with van der Waals surface area (Å²) in [5.41, 5.74) is 1.47. The number of ether oxygens (including phenoxy) is 1. The summed E-state index contributed by atoms with van der Waals surface area (Å²) in [5.74, 6) is 0.0866. The predicted octanol–water partition coefficient (Wildman–Crippen LogP) is 2.80. The van der Waals surface area contributed by atoms with Gasteiger partial charge in [0.15, 0.2) is 12.4 Å². The lowest BCUT2D eigenvalue weighted by Crippen LogP contribution is -2.25. The van der Waals surface area contributed by atoms with Crippen molar-refractivity contribution in [2.45, 2.75) is 6.92 Å². The highest BCUT2D eigenvalue weighted by Gasteiger charge is 2.23. The van der Waals surface area contributed by atoms with Crippen molar-refractivity contribution in [3.63, 3.8) is 0 Å². The van der Waals surface area contributed by atoms with Crippen molar-refractivity contribution >= 4 is 29.0 Å². The van der Waals surface area contributed by atoms with Gasteiger partial charge >= 0.3 is 0 Å². The summed E-state index contributed by atoms with van der Waals surface area (Å²) in [7, 11) is 0. The second-order valence-corrected chi connectivity index (χ2v) is 4.83. The van der Waals surface area contributed by atoms with Crippen molar-refractivity contribution in [2.24, 2.45) is 0 Å². The van der Waals surface area contributed by atoms with Crippen LogP contribution >= 0.6 is 11.6 Å². The molecule has 0 atom stereocenters. The third-order valence-electron chi connectivity index (χ3n) is 3.02. The van der Waals surface area contributed by atoms with Gasteiger partial charge in [0.05, 0.1) is 17.0 Å². The molecule has 0 saturated carbocycles. The van der Waals surface area contributed by atoms with Crippen molar-refractivity contribution in [2.75, 3.05) is 11.9 Å². The maximum atomic E-state index is 12.4. The van der Waals surface area contributed by atoms with Crippen LogP contribution in [0.2, 0.25) is 5.02 Å². The molecule has 0 bridgehead atoms. The van der Waals surface area contributed by atoms with Gasteiger partial charge in [-0.25, -0.2) is 0 Å². The second-order valence-electron chi connectivity index (χ2n) is 4.43. The summed E-state index contributed by atoms with van der Waals surface area (Å²) in [5, 5.41) is 2.86. The van der Waals surface area contributed by atoms with Crippen LogP contribution < -0.4 is 10.1 Å². The van der Waals surface area contributed by atoms with Crippen LogP contribution in [0.15, 0.2) is 28.9 Å². The number of hydrogen-bond acceptors (Lipinski definition) is 4. The molecule has 0 radical (unpaired) electrons. The topological polar surface area (TPSA) is 68.5 Å². The van der Waals surface area contributed by atoms with Crippen LogP contribution in [0.25, 0.3) is 0 Å². The Balaban J connectivity index is 2.05. The lowest BCUT2D eigenvalue weighted by Gasteiger charge is -2.19. The number of rotatable bonds is 2. The number of furan rings is 1. The van der Waals surface area contributed by atoms with Gasteiger partial charge in [-0.1, -0.05) is 11.6 Å². The van der Waals surface area contributed by atoms with E-state index >= 15 is 0 Å². The maximum absolute atomic E-state index is 12.4. The van der Waals surface area contributed by atoms with Crippen LogP contribution in [0.4, 0.5) is 5.69 Å². The average molecular weight is 292 g/mol. The molecule has 5 nitrogen and oxygen atoms in total. The Labute approximate surface area is 119 Å². The Morgan fingerprint density at radius 1 is 1.40 bits per heavy atom. The number of ketones is 1. The number of hydrogen-bond donors (Lipinski definition) is 1. The van der Waals surface area contributed by atoms with Gasteiger partial charge in [-0.3, -0.25) is 9.59 Å². The number of halogens is 1. The summed E-state index contributed by atoms with van der Waals surface area (Å²) in [6, 6.07) is 4.72. The first-order valence-electron chi connectivity index (χ1n) is 5.91. The quantitative estimate of drug-likeness (QED) is 0.864. The van der Waals surface area contributed by atoms with E-state index in [1.54, 1.807) is 13.0 Å². The Bertz CT molecular complexity index is 720. The second kappa shape index (κ2) is 4.68. The van der Waals surface area contributed by atoms with Crippen molar-refractivity contribution in [3.8, 4) is 5.75 Å². The number of anilines is 1. The molecule has 2 aromatic rings. The zero-order valence-electron chi connectivity index (χ0n) is 10.5. The van der Waals surface area contributed by atoms with Gasteiger partial charge in [0.2, 0.25) is 5.78 Å². The largest absolute Gasteiger partial charge is 0.482 e. The molecule has 1 N–H and O–H groups in total. The minimum absolute atomic E-state index is 0.0813. The molecule has 1 aliphatic heterocycles. The Morgan fingerprint density at radius 2 is 2.20 bits per heavy atom. The van der Waals surface area contributed by atoms with Crippen LogP contribution in [0, 0.1) is 6.92 Å². The van der Waals surface area contributed by atoms with E-state index in [4.69, 9.17) is 20.8 Å². The Morgan fingerprint density at radius 3 is 2.90 bits per heavy atom. The highest BCUT2D eigenvalue weighted by atomic mass is 35.5. The summed E-state index contributed by atoms with van der Waals surface area (Å²) in [6.07, 6.45) is 1.45. The van der Waals surface area contributed by atoms with Crippen molar-refractivity contribution in [3.05, 3.63) is 46.4 Å². The van der Waals surface area contributed by atoms with Crippen molar-refractivity contribution < 1.29 is 18.7 Å². The van der Waals surface area contributed by atoms with Gasteiger partial charge in [-0.15, -0.1) is 0 Å². The number of carbonyl (C=O) groups excluding carboxylic acids is 2. The molecule has 0 unspecified atom stereocenters. The van der Waals surface area contributed by atoms with E-state index in [9.17, 15) is 9.59 Å². The van der Waals surface area contributed by atoms with E-state index in [0.717, 1.165) is 5.56 Å². The molecule has 3 rings (SSSR count). The van der Waals surface area contributed by atoms with E-state index in [-0.39, 0.29) is 34.6 Å². The number of benzene rings is 1. The summed E-state index contributed by atoms with van der Waals surface area (Å²) < 4.78 is 10.5. The molecular formula is C14H10ClNO4. The highest BCUT2D eigenvalue weighted by molar-refractivity contribution is 6.35. The first-order chi connectivity index (χ1) is 9.56. The zero-order valence-corrected chi connectivity index (χ0v) is 11.3. The minimum atomic E-state index is -0.319. The first-order valence-corrected chi connectivity index (χ1v) is 6.29. The fourth-order valence-corrected chi connectivity index (χ4v) is 2.25. The minimum Gasteiger partial charge on any atom is -0.482 e. The number of aryl methyl sites for hydroxylation is 1. The van der Waals surface area contributed by atoms with Crippen LogP contribution in [0.5, 0.6) is 5.75 Å². The van der Waals surface area contributed by atoms with Crippen LogP contribution in [-0.4, -0.2) is 18.3 Å². The third kappa shape index (κ3) is 2.06. The standard InChI is InChI=1S/C14H10ClNO4/c1-7-2-3-19-14(7)13(18)8-4-11-10(5-9(8)15)16-12(17)6-20-11/h2-5H,6H2,1H3,(H,16,17). The number of amides is 1. The molecule has 1 aromatic heterocycles. The average Bonchev–Trinajstić information content (AvgIpc) is 2.83. The normalized spacial score (nSPS) is 13.4. The van der Waals surface area contributed by atoms with E-state index < -0.39 is 0 Å². The molecule has 0 saturated heterocycles. The van der Waals surface area contributed by atoms with Gasteiger partial charge in [-0.05, 0) is 30.7 Å². The molecule has 6 heteroatoms. The van der Waals surface area contributed by atoms with Gasteiger partial charge < -0.3 is 14.5 Å². The third-order valence-corrected chi connectivity index (χ3v) is 3.33. The summed E-state index contributed by atoms with van der Waals surface area (Å²) in [4.78, 5) is 23.6. The zero-order chi connectivity index (χ0) is 14.3. The predicted molar refractivity (Wildman–Crippen MR) is 72.5 cm³/mol. The van der Waals surface area contributed by atoms with E-state index in [2.05, 4.69) is 5.32 Å². The Hall–Kier alpha value is -2.27. The molecule has 1 aromatic carbocycles. The van der Waals surface area contributed by atoms with Crippen LogP contribution in [0.1, 0.15) is 21.7 Å². The van der Waals surface area contributed by atoms with Crippen molar-refractivity contribution in [1.82, 2.24) is 0 Å². The monoisotopic (exact) mass is 291 g/mol. The molecule has 0 fully saturated rings. The van der Waals surface area contributed by atoms with Gasteiger partial charge in [-0.2, -0.15) is 0 Å². The van der Waals surface area contributed by atoms with Gasteiger partial charge in [0.25, 0.3) is 5.91 Å². The fourth-order valence-electron chi connectivity index (χ4n) is 2.00. The van der Waals surface area contributed by atoms with Gasteiger partial charge in [0, 0.05) is 5.56 Å². The molecule has 0 aliphatic carbocycles. The maximum Gasteiger partial charge on any atom is 0.262 e. The molecule has 1 aliphatic rings. The van der Waals surface area contributed by atoms with E-state index in [1.807, 2.05) is 0 Å². The number of carbonyl (C=O) groups is 2. The molecule has 102 valence electrons. The highest BCUT2D eigenvalue weighted by Crippen LogP contribution is 2.34. The summed E-state index contributed by atoms with van der Waals surface area (Å²) in [6.45, 7) is 1.70. The van der Waals surface area contributed by atoms with Gasteiger partial charge in [0.1, 0.15) is 5.75 Å². The fraction of sp³-hybridized carbons (Fsp3) is 0.143. The lowest BCUT2D eigenvalue weighted by atomic mass is 10.0.